The van der Waals surface area contributed by atoms with Crippen LogP contribution in [-0.2, 0) is 6.42 Å². The highest BCUT2D eigenvalue weighted by Crippen LogP contribution is 2.11. The molecule has 0 saturated heterocycles. The molecule has 3 heteroatoms. The van der Waals surface area contributed by atoms with Crippen molar-refractivity contribution in [2.75, 3.05) is 26.8 Å². The van der Waals surface area contributed by atoms with Gasteiger partial charge in [0, 0.05) is 6.61 Å². The molecule has 1 aromatic rings. The molecule has 1 rings (SSSR count). The number of nitrogens with one attached hydrogen (secondary N) is 1. The van der Waals surface area contributed by atoms with Gasteiger partial charge >= 0.3 is 0 Å². The fraction of sp³-hybridized carbons (Fsp3) is 0.571. The summed E-state index contributed by atoms with van der Waals surface area (Å²) in [6, 6.07) is 8.20. The summed E-state index contributed by atoms with van der Waals surface area (Å²) in [5.74, 6) is 0.908. The van der Waals surface area contributed by atoms with Crippen LogP contribution in [0, 0.1) is 0 Å². The summed E-state index contributed by atoms with van der Waals surface area (Å²) in [6.07, 6.45) is 4.21. The van der Waals surface area contributed by atoms with E-state index in [4.69, 9.17) is 9.84 Å². The average Bonchev–Trinajstić information content (AvgIpc) is 2.38. The van der Waals surface area contributed by atoms with Crippen molar-refractivity contribution < 1.29 is 9.84 Å². The molecule has 0 aromatic heterocycles. The third-order valence-corrected chi connectivity index (χ3v) is 2.76. The van der Waals surface area contributed by atoms with E-state index >= 15 is 0 Å². The van der Waals surface area contributed by atoms with Crippen LogP contribution in [0.3, 0.4) is 0 Å². The van der Waals surface area contributed by atoms with Crippen LogP contribution < -0.4 is 10.1 Å². The SMILES string of the molecule is COc1ccc(CCNCCCCCO)cc1. The van der Waals surface area contributed by atoms with E-state index in [2.05, 4.69) is 17.4 Å². The van der Waals surface area contributed by atoms with Gasteiger partial charge in [-0.15, -0.1) is 0 Å². The maximum absolute atomic E-state index is 8.63. The Morgan fingerprint density at radius 1 is 1.06 bits per heavy atom. The molecule has 0 fully saturated rings. The molecule has 0 aliphatic carbocycles. The highest BCUT2D eigenvalue weighted by atomic mass is 16.5. The van der Waals surface area contributed by atoms with Gasteiger partial charge in [0.25, 0.3) is 0 Å². The quantitative estimate of drug-likeness (QED) is 0.645. The van der Waals surface area contributed by atoms with Crippen molar-refractivity contribution in [1.82, 2.24) is 5.32 Å². The normalized spacial score (nSPS) is 10.5. The van der Waals surface area contributed by atoms with Gasteiger partial charge in [0.05, 0.1) is 7.11 Å². The first-order valence-electron chi connectivity index (χ1n) is 6.31. The first kappa shape index (κ1) is 14.0. The molecule has 0 radical (unpaired) electrons. The lowest BCUT2D eigenvalue weighted by Gasteiger charge is -2.05. The predicted octanol–water partition coefficient (Wildman–Crippen LogP) is 1.99. The zero-order valence-corrected chi connectivity index (χ0v) is 10.6. The van der Waals surface area contributed by atoms with Crippen molar-refractivity contribution in [3.05, 3.63) is 29.8 Å². The van der Waals surface area contributed by atoms with Gasteiger partial charge in [-0.1, -0.05) is 12.1 Å². The minimum Gasteiger partial charge on any atom is -0.497 e. The Hall–Kier alpha value is -1.06. The second kappa shape index (κ2) is 9.02. The number of benzene rings is 1. The van der Waals surface area contributed by atoms with Crippen LogP contribution in [0.5, 0.6) is 5.75 Å². The maximum Gasteiger partial charge on any atom is 0.118 e. The van der Waals surface area contributed by atoms with Crippen LogP contribution in [0.1, 0.15) is 24.8 Å². The van der Waals surface area contributed by atoms with Gasteiger partial charge in [0.1, 0.15) is 5.75 Å². The third-order valence-electron chi connectivity index (χ3n) is 2.76. The van der Waals surface area contributed by atoms with E-state index in [1.807, 2.05) is 12.1 Å². The molecule has 17 heavy (non-hydrogen) atoms. The third kappa shape index (κ3) is 6.29. The lowest BCUT2D eigenvalue weighted by molar-refractivity contribution is 0.283. The molecule has 3 nitrogen and oxygen atoms in total. The predicted molar refractivity (Wildman–Crippen MR) is 70.5 cm³/mol. The average molecular weight is 237 g/mol. The summed E-state index contributed by atoms with van der Waals surface area (Å²) < 4.78 is 5.11. The summed E-state index contributed by atoms with van der Waals surface area (Å²) in [5, 5.41) is 12.0. The lowest BCUT2D eigenvalue weighted by Crippen LogP contribution is -2.18. The molecule has 0 atom stereocenters. The minimum atomic E-state index is 0.311. The zero-order valence-electron chi connectivity index (χ0n) is 10.6. The Kier molecular flexibility index (Phi) is 7.43. The monoisotopic (exact) mass is 237 g/mol. The fourth-order valence-corrected chi connectivity index (χ4v) is 1.69. The number of hydrogen-bond acceptors (Lipinski definition) is 3. The number of rotatable bonds is 9. The van der Waals surface area contributed by atoms with Crippen molar-refractivity contribution in [2.45, 2.75) is 25.7 Å². The molecule has 2 N–H and O–H groups in total. The Labute approximate surface area is 104 Å². The second-order valence-corrected chi connectivity index (χ2v) is 4.13. The van der Waals surface area contributed by atoms with E-state index < -0.39 is 0 Å². The molecule has 0 aliphatic rings. The van der Waals surface area contributed by atoms with Crippen LogP contribution in [0.2, 0.25) is 0 Å². The van der Waals surface area contributed by atoms with Gasteiger partial charge in [-0.25, -0.2) is 0 Å². The van der Waals surface area contributed by atoms with Gasteiger partial charge in [0.2, 0.25) is 0 Å². The molecule has 0 amide bonds. The smallest absolute Gasteiger partial charge is 0.118 e. The first-order valence-corrected chi connectivity index (χ1v) is 6.31. The Morgan fingerprint density at radius 3 is 2.47 bits per heavy atom. The van der Waals surface area contributed by atoms with E-state index in [0.29, 0.717) is 6.61 Å². The zero-order chi connectivity index (χ0) is 12.3. The molecule has 0 heterocycles. The summed E-state index contributed by atoms with van der Waals surface area (Å²) in [7, 11) is 1.68. The molecule has 96 valence electrons. The van der Waals surface area contributed by atoms with E-state index in [9.17, 15) is 0 Å². The highest BCUT2D eigenvalue weighted by Gasteiger charge is 1.94. The van der Waals surface area contributed by atoms with E-state index in [-0.39, 0.29) is 0 Å². The Morgan fingerprint density at radius 2 is 1.82 bits per heavy atom. The summed E-state index contributed by atoms with van der Waals surface area (Å²) >= 11 is 0. The molecule has 0 saturated carbocycles. The van der Waals surface area contributed by atoms with Crippen LogP contribution >= 0.6 is 0 Å². The number of aliphatic hydroxyl groups excluding tert-OH is 1. The van der Waals surface area contributed by atoms with Crippen LogP contribution in [0.15, 0.2) is 24.3 Å². The molecular weight excluding hydrogens is 214 g/mol. The summed E-state index contributed by atoms with van der Waals surface area (Å²) in [6.45, 7) is 2.35. The molecular formula is C14H23NO2. The van der Waals surface area contributed by atoms with E-state index in [0.717, 1.165) is 44.5 Å². The van der Waals surface area contributed by atoms with Gasteiger partial charge in [-0.3, -0.25) is 0 Å². The van der Waals surface area contributed by atoms with E-state index in [1.165, 1.54) is 5.56 Å². The van der Waals surface area contributed by atoms with Gasteiger partial charge in [0.15, 0.2) is 0 Å². The summed E-state index contributed by atoms with van der Waals surface area (Å²) in [4.78, 5) is 0. The van der Waals surface area contributed by atoms with Crippen molar-refractivity contribution in [3.63, 3.8) is 0 Å². The molecule has 0 spiro atoms. The standard InChI is InChI=1S/C14H23NO2/c1-17-14-7-5-13(6-8-14)9-11-15-10-3-2-4-12-16/h5-8,15-16H,2-4,9-12H2,1H3. The van der Waals surface area contributed by atoms with Crippen molar-refractivity contribution in [2.24, 2.45) is 0 Å². The van der Waals surface area contributed by atoms with E-state index in [1.54, 1.807) is 7.11 Å². The lowest BCUT2D eigenvalue weighted by atomic mass is 10.1. The summed E-state index contributed by atoms with van der Waals surface area (Å²) in [5.41, 5.74) is 1.33. The topological polar surface area (TPSA) is 41.5 Å². The van der Waals surface area contributed by atoms with Gasteiger partial charge in [-0.05, 0) is 56.5 Å². The van der Waals surface area contributed by atoms with Crippen LogP contribution in [0.25, 0.3) is 0 Å². The molecule has 0 aliphatic heterocycles. The number of aliphatic hydroxyl groups is 1. The fourth-order valence-electron chi connectivity index (χ4n) is 1.69. The highest BCUT2D eigenvalue weighted by molar-refractivity contribution is 5.27. The first-order chi connectivity index (χ1) is 8.36. The maximum atomic E-state index is 8.63. The van der Waals surface area contributed by atoms with Crippen LogP contribution in [0.4, 0.5) is 0 Å². The second-order valence-electron chi connectivity index (χ2n) is 4.13. The molecule has 1 aromatic carbocycles. The Balaban J connectivity index is 2.05. The molecule has 0 bridgehead atoms. The largest absolute Gasteiger partial charge is 0.497 e. The van der Waals surface area contributed by atoms with Crippen molar-refractivity contribution in [1.29, 1.82) is 0 Å². The minimum absolute atomic E-state index is 0.311. The Bertz CT molecular complexity index is 285. The van der Waals surface area contributed by atoms with Gasteiger partial charge < -0.3 is 15.2 Å². The number of methoxy groups -OCH3 is 1. The number of ether oxygens (including phenoxy) is 1. The molecule has 0 unspecified atom stereocenters. The van der Waals surface area contributed by atoms with Crippen LogP contribution in [-0.4, -0.2) is 31.9 Å². The van der Waals surface area contributed by atoms with Crippen molar-refractivity contribution >= 4 is 0 Å². The number of hydrogen-bond donors (Lipinski definition) is 2. The van der Waals surface area contributed by atoms with Crippen molar-refractivity contribution in [3.8, 4) is 5.75 Å². The number of unbranched alkanes of at least 4 members (excludes halogenated alkanes) is 2. The van der Waals surface area contributed by atoms with Gasteiger partial charge in [-0.2, -0.15) is 0 Å².